The Hall–Kier alpha value is -2.63. The molecular weight excluding hydrogens is 417 g/mol. The second-order valence-electron chi connectivity index (χ2n) is 7.58. The molecule has 1 fully saturated rings. The molecule has 1 aliphatic heterocycles. The maximum atomic E-state index is 6.42. The molecule has 4 aromatic rings. The summed E-state index contributed by atoms with van der Waals surface area (Å²) in [6, 6.07) is 16.7. The summed E-state index contributed by atoms with van der Waals surface area (Å²) in [5, 5.41) is 5.39. The number of pyridine rings is 1. The van der Waals surface area contributed by atoms with E-state index in [0.29, 0.717) is 17.5 Å². The van der Waals surface area contributed by atoms with E-state index in [-0.39, 0.29) is 12.4 Å². The minimum absolute atomic E-state index is 0. The monoisotopic (exact) mass is 439 g/mol. The van der Waals surface area contributed by atoms with Crippen molar-refractivity contribution >= 4 is 35.5 Å². The van der Waals surface area contributed by atoms with Crippen LogP contribution in [0, 0.1) is 0 Å². The highest BCUT2D eigenvalue weighted by atomic mass is 35.5. The maximum absolute atomic E-state index is 6.42. The van der Waals surface area contributed by atoms with Crippen LogP contribution in [0.25, 0.3) is 16.9 Å². The summed E-state index contributed by atoms with van der Waals surface area (Å²) in [6.45, 7) is 3.35. The molecule has 1 aromatic carbocycles. The molecular formula is C23H23Cl2N5. The highest BCUT2D eigenvalue weighted by Gasteiger charge is 2.21. The highest BCUT2D eigenvalue weighted by Crippen LogP contribution is 2.28. The predicted molar refractivity (Wildman–Crippen MR) is 124 cm³/mol. The molecule has 0 amide bonds. The van der Waals surface area contributed by atoms with Crippen molar-refractivity contribution in [3.8, 4) is 11.3 Å². The van der Waals surface area contributed by atoms with Gasteiger partial charge in [-0.3, -0.25) is 0 Å². The molecule has 0 bridgehead atoms. The maximum Gasteiger partial charge on any atom is 0.157 e. The predicted octanol–water partition coefficient (Wildman–Crippen LogP) is 5.45. The molecule has 1 aliphatic rings. The Morgan fingerprint density at radius 3 is 2.80 bits per heavy atom. The number of aromatic nitrogens is 4. The first-order valence-electron chi connectivity index (χ1n) is 10.00. The zero-order valence-electron chi connectivity index (χ0n) is 16.7. The Kier molecular flexibility index (Phi) is 5.93. The summed E-state index contributed by atoms with van der Waals surface area (Å²) in [7, 11) is 0. The van der Waals surface area contributed by atoms with E-state index >= 15 is 0 Å². The van der Waals surface area contributed by atoms with Crippen molar-refractivity contribution in [1.82, 2.24) is 19.6 Å². The van der Waals surface area contributed by atoms with Gasteiger partial charge in [0, 0.05) is 48.2 Å². The second kappa shape index (κ2) is 8.62. The summed E-state index contributed by atoms with van der Waals surface area (Å²) >= 11 is 6.42. The van der Waals surface area contributed by atoms with Gasteiger partial charge in [-0.15, -0.1) is 12.4 Å². The third-order valence-electron chi connectivity index (χ3n) is 5.60. The second-order valence-corrected chi connectivity index (χ2v) is 7.99. The Bertz CT molecular complexity index is 1170. The average Bonchev–Trinajstić information content (AvgIpc) is 3.37. The van der Waals surface area contributed by atoms with Gasteiger partial charge in [-0.1, -0.05) is 35.9 Å². The van der Waals surface area contributed by atoms with E-state index in [1.807, 2.05) is 35.0 Å². The first-order chi connectivity index (χ1) is 14.2. The number of anilines is 1. The Morgan fingerprint density at radius 1 is 1.13 bits per heavy atom. The molecule has 5 nitrogen and oxygen atoms in total. The van der Waals surface area contributed by atoms with Crippen LogP contribution in [-0.4, -0.2) is 32.2 Å². The van der Waals surface area contributed by atoms with Gasteiger partial charge in [0.15, 0.2) is 5.65 Å². The molecule has 1 unspecified atom stereocenters. The Balaban J connectivity index is 0.00000218. The summed E-state index contributed by atoms with van der Waals surface area (Å²) < 4.78 is 1.82. The zero-order chi connectivity index (χ0) is 19.8. The Morgan fingerprint density at radius 2 is 2.00 bits per heavy atom. The van der Waals surface area contributed by atoms with E-state index in [4.69, 9.17) is 21.7 Å². The molecule has 0 aliphatic carbocycles. The normalized spacial score (nSPS) is 16.1. The van der Waals surface area contributed by atoms with Crippen LogP contribution >= 0.6 is 24.0 Å². The van der Waals surface area contributed by atoms with Crippen LogP contribution in [0.4, 0.5) is 5.82 Å². The summed E-state index contributed by atoms with van der Waals surface area (Å²) in [5.74, 6) is 1.06. The van der Waals surface area contributed by atoms with Crippen LogP contribution < -0.4 is 4.90 Å². The number of hydrogen-bond donors (Lipinski definition) is 0. The van der Waals surface area contributed by atoms with Crippen LogP contribution in [0.15, 0.2) is 60.9 Å². The highest BCUT2D eigenvalue weighted by molar-refractivity contribution is 6.33. The molecule has 154 valence electrons. The molecule has 1 atom stereocenters. The standard InChI is InChI=1S/C23H22ClN5.ClH/c1-16-6-5-12-28(16)22-10-4-7-18(26-22)14-17-15-21(19-8-2-3-9-20(19)24)27-29-13-11-25-23(17)29;/h2-4,7-11,13,15-16H,5-6,12,14H2,1H3;1H. The minimum atomic E-state index is 0. The smallest absolute Gasteiger partial charge is 0.157 e. The summed E-state index contributed by atoms with van der Waals surface area (Å²) in [6.07, 6.45) is 6.79. The van der Waals surface area contributed by atoms with Crippen molar-refractivity contribution in [1.29, 1.82) is 0 Å². The van der Waals surface area contributed by atoms with E-state index in [1.165, 1.54) is 12.8 Å². The number of imidazole rings is 1. The fourth-order valence-corrected chi connectivity index (χ4v) is 4.34. The van der Waals surface area contributed by atoms with Gasteiger partial charge in [-0.25, -0.2) is 14.5 Å². The van der Waals surface area contributed by atoms with Crippen molar-refractivity contribution in [3.05, 3.63) is 77.2 Å². The van der Waals surface area contributed by atoms with Gasteiger partial charge in [0.25, 0.3) is 0 Å². The van der Waals surface area contributed by atoms with Crippen molar-refractivity contribution in [2.24, 2.45) is 0 Å². The first kappa shape index (κ1) is 20.6. The van der Waals surface area contributed by atoms with E-state index in [2.05, 4.69) is 41.1 Å². The first-order valence-corrected chi connectivity index (χ1v) is 10.4. The van der Waals surface area contributed by atoms with Crippen molar-refractivity contribution in [2.75, 3.05) is 11.4 Å². The van der Waals surface area contributed by atoms with E-state index in [1.54, 1.807) is 6.20 Å². The minimum Gasteiger partial charge on any atom is -0.354 e. The average molecular weight is 440 g/mol. The van der Waals surface area contributed by atoms with E-state index < -0.39 is 0 Å². The van der Waals surface area contributed by atoms with Gasteiger partial charge in [-0.05, 0) is 44.0 Å². The van der Waals surface area contributed by atoms with Crippen LogP contribution in [0.2, 0.25) is 5.02 Å². The topological polar surface area (TPSA) is 46.3 Å². The van der Waals surface area contributed by atoms with Gasteiger partial charge in [0.1, 0.15) is 5.82 Å². The van der Waals surface area contributed by atoms with Crippen LogP contribution in [0.3, 0.4) is 0 Å². The number of hydrogen-bond acceptors (Lipinski definition) is 4. The van der Waals surface area contributed by atoms with E-state index in [0.717, 1.165) is 40.5 Å². The fraction of sp³-hybridized carbons (Fsp3) is 0.261. The summed E-state index contributed by atoms with van der Waals surface area (Å²) in [4.78, 5) is 11.9. The molecule has 3 aromatic heterocycles. The molecule has 1 saturated heterocycles. The van der Waals surface area contributed by atoms with Crippen LogP contribution in [0.5, 0.6) is 0 Å². The molecule has 0 spiro atoms. The van der Waals surface area contributed by atoms with Crippen molar-refractivity contribution in [3.63, 3.8) is 0 Å². The quantitative estimate of drug-likeness (QED) is 0.424. The SMILES string of the molecule is CC1CCCN1c1cccc(Cc2cc(-c3ccccc3Cl)nn3ccnc23)n1.Cl. The summed E-state index contributed by atoms with van der Waals surface area (Å²) in [5.41, 5.74) is 4.71. The fourth-order valence-electron chi connectivity index (χ4n) is 4.11. The third-order valence-corrected chi connectivity index (χ3v) is 5.93. The number of nitrogens with zero attached hydrogens (tertiary/aromatic N) is 5. The van der Waals surface area contributed by atoms with Crippen molar-refractivity contribution in [2.45, 2.75) is 32.2 Å². The van der Waals surface area contributed by atoms with Gasteiger partial charge >= 0.3 is 0 Å². The molecule has 0 saturated carbocycles. The third kappa shape index (κ3) is 3.87. The molecule has 0 radical (unpaired) electrons. The zero-order valence-corrected chi connectivity index (χ0v) is 18.3. The largest absolute Gasteiger partial charge is 0.354 e. The number of rotatable bonds is 4. The van der Waals surface area contributed by atoms with Gasteiger partial charge in [0.2, 0.25) is 0 Å². The molecule has 5 rings (SSSR count). The van der Waals surface area contributed by atoms with E-state index in [9.17, 15) is 0 Å². The number of halogens is 2. The molecule has 0 N–H and O–H groups in total. The van der Waals surface area contributed by atoms with Crippen molar-refractivity contribution < 1.29 is 0 Å². The van der Waals surface area contributed by atoms with Crippen LogP contribution in [0.1, 0.15) is 31.0 Å². The number of benzene rings is 1. The lowest BCUT2D eigenvalue weighted by molar-refractivity contribution is 0.725. The lowest BCUT2D eigenvalue weighted by atomic mass is 10.1. The van der Waals surface area contributed by atoms with Gasteiger partial charge < -0.3 is 4.90 Å². The van der Waals surface area contributed by atoms with Crippen LogP contribution in [-0.2, 0) is 6.42 Å². The number of fused-ring (bicyclic) bond motifs is 1. The lowest BCUT2D eigenvalue weighted by Gasteiger charge is -2.23. The lowest BCUT2D eigenvalue weighted by Crippen LogP contribution is -2.27. The molecule has 7 heteroatoms. The molecule has 4 heterocycles. The van der Waals surface area contributed by atoms with Gasteiger partial charge in [-0.2, -0.15) is 5.10 Å². The Labute approximate surface area is 187 Å². The molecule has 30 heavy (non-hydrogen) atoms. The van der Waals surface area contributed by atoms with Gasteiger partial charge in [0.05, 0.1) is 10.7 Å².